The minimum Gasteiger partial charge on any atom is -0.462 e. The predicted octanol–water partition coefficient (Wildman–Crippen LogP) is 24.6. The summed E-state index contributed by atoms with van der Waals surface area (Å²) in [5, 5.41) is 0. The number of carbonyl (C=O) groups is 3. The monoisotopic (exact) mass is 1140 g/mol. The van der Waals surface area contributed by atoms with E-state index in [1.807, 2.05) is 0 Å². The van der Waals surface area contributed by atoms with Gasteiger partial charge in [0.2, 0.25) is 0 Å². The summed E-state index contributed by atoms with van der Waals surface area (Å²) in [6.07, 6.45) is 93.2. The predicted molar refractivity (Wildman–Crippen MR) is 358 cm³/mol. The second-order valence-electron chi connectivity index (χ2n) is 23.8. The van der Waals surface area contributed by atoms with Gasteiger partial charge in [0.25, 0.3) is 0 Å². The standard InChI is InChI=1S/C76H134O6/c1-4-7-10-13-16-19-22-25-28-31-33-35-37-38-40-41-43-45-48-51-54-57-60-63-66-69-75(78)81-72-73(71-80-74(77)68-65-62-59-56-53-50-47-30-27-24-21-18-15-12-9-6-3)82-76(79)70-67-64-61-58-55-52-49-46-44-42-39-36-34-32-29-26-23-20-17-14-11-8-5-2/h8,11,17,20-21,24,26,29-30,34,36,42,44,47,73H,4-7,9-10,12-16,18-19,22-23,25,27-28,31-33,35,37-41,43,45-46,48-72H2,1-3H3/b11-8-,20-17-,24-21-,29-26-,36-34-,44-42-,47-30-. The highest BCUT2D eigenvalue weighted by Crippen LogP contribution is 2.18. The zero-order valence-corrected chi connectivity index (χ0v) is 54.5. The van der Waals surface area contributed by atoms with Crippen molar-refractivity contribution in [3.05, 3.63) is 85.1 Å². The van der Waals surface area contributed by atoms with E-state index in [-0.39, 0.29) is 31.1 Å². The first kappa shape index (κ1) is 78.6. The first-order chi connectivity index (χ1) is 40.5. The molecule has 82 heavy (non-hydrogen) atoms. The molecule has 0 radical (unpaired) electrons. The van der Waals surface area contributed by atoms with Crippen LogP contribution in [0.2, 0.25) is 0 Å². The van der Waals surface area contributed by atoms with Crippen molar-refractivity contribution in [2.24, 2.45) is 0 Å². The number of unbranched alkanes of at least 4 members (excludes halogenated alkanes) is 40. The number of esters is 3. The van der Waals surface area contributed by atoms with Crippen LogP contribution >= 0.6 is 0 Å². The molecule has 0 saturated heterocycles. The van der Waals surface area contributed by atoms with E-state index in [2.05, 4.69) is 106 Å². The topological polar surface area (TPSA) is 78.9 Å². The van der Waals surface area contributed by atoms with Crippen LogP contribution in [0.3, 0.4) is 0 Å². The number of carbonyl (C=O) groups excluding carboxylic acids is 3. The SMILES string of the molecule is CC/C=C\C/C=C\C/C=C\C/C=C\C/C=C\CCCCCCCCCC(=O)OC(COC(=O)CCCCCCC/C=C\C/C=C\CCCCCC)COC(=O)CCCCCCCCCCCCCCCCCCCCCCCCCCC. The quantitative estimate of drug-likeness (QED) is 0.0261. The van der Waals surface area contributed by atoms with Gasteiger partial charge in [-0.05, 0) is 96.3 Å². The second kappa shape index (κ2) is 70.1. The van der Waals surface area contributed by atoms with Crippen LogP contribution < -0.4 is 0 Å². The van der Waals surface area contributed by atoms with E-state index in [4.69, 9.17) is 14.2 Å². The lowest BCUT2D eigenvalue weighted by Gasteiger charge is -2.18. The van der Waals surface area contributed by atoms with Crippen LogP contribution in [0.5, 0.6) is 0 Å². The zero-order chi connectivity index (χ0) is 59.2. The van der Waals surface area contributed by atoms with Gasteiger partial charge in [-0.1, -0.05) is 331 Å². The van der Waals surface area contributed by atoms with Crippen molar-refractivity contribution >= 4 is 17.9 Å². The summed E-state index contributed by atoms with van der Waals surface area (Å²) in [6.45, 7) is 6.54. The third-order valence-electron chi connectivity index (χ3n) is 15.6. The van der Waals surface area contributed by atoms with Crippen LogP contribution in [-0.2, 0) is 28.6 Å². The molecule has 0 rings (SSSR count). The summed E-state index contributed by atoms with van der Waals surface area (Å²) in [4.78, 5) is 38.5. The van der Waals surface area contributed by atoms with Crippen molar-refractivity contribution in [3.63, 3.8) is 0 Å². The maximum absolute atomic E-state index is 13.0. The van der Waals surface area contributed by atoms with Gasteiger partial charge in [-0.2, -0.15) is 0 Å². The molecule has 0 bridgehead atoms. The van der Waals surface area contributed by atoms with Gasteiger partial charge in [0.15, 0.2) is 6.10 Å². The highest BCUT2D eigenvalue weighted by atomic mass is 16.6. The molecule has 0 aliphatic rings. The molecule has 0 amide bonds. The van der Waals surface area contributed by atoms with Crippen LogP contribution in [0.1, 0.15) is 361 Å². The number of hydrogen-bond donors (Lipinski definition) is 0. The lowest BCUT2D eigenvalue weighted by molar-refractivity contribution is -0.167. The Morgan fingerprint density at radius 1 is 0.256 bits per heavy atom. The minimum atomic E-state index is -0.790. The highest BCUT2D eigenvalue weighted by molar-refractivity contribution is 5.71. The van der Waals surface area contributed by atoms with Gasteiger partial charge in [0.1, 0.15) is 13.2 Å². The molecule has 0 aromatic heterocycles. The fraction of sp³-hybridized carbons (Fsp3) is 0.776. The molecule has 0 aliphatic carbocycles. The largest absolute Gasteiger partial charge is 0.462 e. The third-order valence-corrected chi connectivity index (χ3v) is 15.6. The van der Waals surface area contributed by atoms with Crippen LogP contribution in [0.4, 0.5) is 0 Å². The van der Waals surface area contributed by atoms with Gasteiger partial charge in [-0.15, -0.1) is 0 Å². The summed E-state index contributed by atoms with van der Waals surface area (Å²) in [7, 11) is 0. The number of rotatable bonds is 65. The molecule has 6 nitrogen and oxygen atoms in total. The Labute approximate surface area is 509 Å². The number of ether oxygens (including phenoxy) is 3. The van der Waals surface area contributed by atoms with Gasteiger partial charge in [0, 0.05) is 19.3 Å². The normalized spacial score (nSPS) is 12.6. The zero-order valence-electron chi connectivity index (χ0n) is 54.5. The average Bonchev–Trinajstić information content (AvgIpc) is 3.47. The fourth-order valence-electron chi connectivity index (χ4n) is 10.3. The van der Waals surface area contributed by atoms with Gasteiger partial charge >= 0.3 is 17.9 Å². The van der Waals surface area contributed by atoms with Crippen LogP contribution in [0.15, 0.2) is 85.1 Å². The van der Waals surface area contributed by atoms with Crippen molar-refractivity contribution < 1.29 is 28.6 Å². The molecule has 0 fully saturated rings. The van der Waals surface area contributed by atoms with E-state index in [0.717, 1.165) is 116 Å². The van der Waals surface area contributed by atoms with Gasteiger partial charge in [0.05, 0.1) is 0 Å². The Hall–Kier alpha value is -3.41. The average molecular weight is 1140 g/mol. The molecule has 6 heteroatoms. The van der Waals surface area contributed by atoms with Crippen molar-refractivity contribution in [2.75, 3.05) is 13.2 Å². The van der Waals surface area contributed by atoms with Crippen LogP contribution in [0.25, 0.3) is 0 Å². The molecule has 1 unspecified atom stereocenters. The van der Waals surface area contributed by atoms with E-state index in [0.29, 0.717) is 19.3 Å². The van der Waals surface area contributed by atoms with E-state index < -0.39 is 6.10 Å². The number of allylic oxidation sites excluding steroid dienone is 14. The molecule has 0 aromatic rings. The van der Waals surface area contributed by atoms with Crippen LogP contribution in [0, 0.1) is 0 Å². The molecule has 0 saturated carbocycles. The first-order valence-electron chi connectivity index (χ1n) is 35.6. The lowest BCUT2D eigenvalue weighted by Crippen LogP contribution is -2.30. The maximum Gasteiger partial charge on any atom is 0.306 e. The van der Waals surface area contributed by atoms with Gasteiger partial charge in [-0.3, -0.25) is 14.4 Å². The smallest absolute Gasteiger partial charge is 0.306 e. The Morgan fingerprint density at radius 3 is 0.756 bits per heavy atom. The van der Waals surface area contributed by atoms with Crippen molar-refractivity contribution in [2.45, 2.75) is 367 Å². The molecule has 0 aliphatic heterocycles. The van der Waals surface area contributed by atoms with Crippen molar-refractivity contribution in [1.82, 2.24) is 0 Å². The highest BCUT2D eigenvalue weighted by Gasteiger charge is 2.19. The first-order valence-corrected chi connectivity index (χ1v) is 35.6. The van der Waals surface area contributed by atoms with Crippen LogP contribution in [-0.4, -0.2) is 37.2 Å². The Balaban J connectivity index is 4.34. The van der Waals surface area contributed by atoms with E-state index in [9.17, 15) is 14.4 Å². The lowest BCUT2D eigenvalue weighted by atomic mass is 10.0. The molecule has 0 aromatic carbocycles. The summed E-state index contributed by atoms with van der Waals surface area (Å²) in [6, 6.07) is 0. The van der Waals surface area contributed by atoms with Gasteiger partial charge < -0.3 is 14.2 Å². The summed E-state index contributed by atoms with van der Waals surface area (Å²) in [5.74, 6) is -0.889. The van der Waals surface area contributed by atoms with E-state index >= 15 is 0 Å². The molecule has 0 N–H and O–H groups in total. The molecular formula is C76H134O6. The summed E-state index contributed by atoms with van der Waals surface area (Å²) in [5.41, 5.74) is 0. The Bertz CT molecular complexity index is 1550. The van der Waals surface area contributed by atoms with E-state index in [1.54, 1.807) is 0 Å². The second-order valence-corrected chi connectivity index (χ2v) is 23.8. The number of hydrogen-bond acceptors (Lipinski definition) is 6. The summed E-state index contributed by atoms with van der Waals surface area (Å²) >= 11 is 0. The molecular weight excluding hydrogens is 1010 g/mol. The molecule has 0 heterocycles. The maximum atomic E-state index is 13.0. The minimum absolute atomic E-state index is 0.0826. The third kappa shape index (κ3) is 67.4. The molecule has 474 valence electrons. The van der Waals surface area contributed by atoms with E-state index in [1.165, 1.54) is 205 Å². The van der Waals surface area contributed by atoms with Crippen molar-refractivity contribution in [3.8, 4) is 0 Å². The fourth-order valence-corrected chi connectivity index (χ4v) is 10.3. The summed E-state index contributed by atoms with van der Waals surface area (Å²) < 4.78 is 17.0. The van der Waals surface area contributed by atoms with Gasteiger partial charge in [-0.25, -0.2) is 0 Å². The molecule has 1 atom stereocenters. The molecule has 0 spiro atoms. The van der Waals surface area contributed by atoms with Crippen molar-refractivity contribution in [1.29, 1.82) is 0 Å². The Morgan fingerprint density at radius 2 is 0.476 bits per heavy atom. The Kier molecular flexibility index (Phi) is 67.2.